The molecule has 1 atom stereocenters. The van der Waals surface area contributed by atoms with Crippen molar-refractivity contribution in [3.8, 4) is 0 Å². The summed E-state index contributed by atoms with van der Waals surface area (Å²) >= 11 is 5.66. The second-order valence-corrected chi connectivity index (χ2v) is 2.97. The van der Waals surface area contributed by atoms with Crippen molar-refractivity contribution in [2.24, 2.45) is 0 Å². The molecule has 1 nitrogen and oxygen atoms in total. The van der Waals surface area contributed by atoms with E-state index in [0.717, 1.165) is 0 Å². The van der Waals surface area contributed by atoms with E-state index in [1.165, 1.54) is 0 Å². The Morgan fingerprint density at radius 2 is 2.25 bits per heavy atom. The Kier molecular flexibility index (Phi) is 3.50. The number of benzene rings is 1. The van der Waals surface area contributed by atoms with Gasteiger partial charge in [0.1, 0.15) is 6.17 Å². The lowest BCUT2D eigenvalue weighted by atomic mass is 10.1. The average molecular weight is 189 g/mol. The summed E-state index contributed by atoms with van der Waals surface area (Å²) in [7, 11) is 0. The number of aliphatic hydroxyl groups excluding tert-OH is 1. The number of aliphatic hydroxyl groups is 1. The number of rotatable bonds is 3. The van der Waals surface area contributed by atoms with Crippen molar-refractivity contribution in [2.45, 2.75) is 12.6 Å². The van der Waals surface area contributed by atoms with Crippen LogP contribution in [0.4, 0.5) is 4.39 Å². The molecule has 1 rings (SSSR count). The van der Waals surface area contributed by atoms with Gasteiger partial charge >= 0.3 is 0 Å². The molecule has 0 aromatic heterocycles. The fraction of sp³-hybridized carbons (Fsp3) is 0.333. The predicted octanol–water partition coefficient (Wildman–Crippen LogP) is 2.73. The lowest BCUT2D eigenvalue weighted by Gasteiger charge is -2.05. The Morgan fingerprint density at radius 1 is 1.50 bits per heavy atom. The zero-order valence-corrected chi connectivity index (χ0v) is 7.26. The van der Waals surface area contributed by atoms with Crippen molar-refractivity contribution >= 4 is 11.6 Å². The van der Waals surface area contributed by atoms with Crippen LogP contribution in [0.1, 0.15) is 18.2 Å². The molecule has 0 aliphatic carbocycles. The molecule has 0 spiro atoms. The number of halogens is 2. The van der Waals surface area contributed by atoms with Crippen molar-refractivity contribution in [1.29, 1.82) is 0 Å². The van der Waals surface area contributed by atoms with Crippen LogP contribution in [0.5, 0.6) is 0 Å². The van der Waals surface area contributed by atoms with Gasteiger partial charge in [-0.15, -0.1) is 0 Å². The van der Waals surface area contributed by atoms with Gasteiger partial charge in [0.05, 0.1) is 0 Å². The lowest BCUT2D eigenvalue weighted by Crippen LogP contribution is -1.94. The van der Waals surface area contributed by atoms with Gasteiger partial charge in [-0.1, -0.05) is 23.7 Å². The Labute approximate surface area is 75.8 Å². The van der Waals surface area contributed by atoms with Crippen LogP contribution in [0.3, 0.4) is 0 Å². The third-order valence-electron chi connectivity index (χ3n) is 1.59. The van der Waals surface area contributed by atoms with E-state index in [2.05, 4.69) is 0 Å². The molecular formula is C9H10ClFO. The van der Waals surface area contributed by atoms with Crippen molar-refractivity contribution in [3.05, 3.63) is 34.9 Å². The summed E-state index contributed by atoms with van der Waals surface area (Å²) in [6, 6.07) is 6.62. The van der Waals surface area contributed by atoms with E-state index in [1.807, 2.05) is 0 Å². The summed E-state index contributed by atoms with van der Waals surface area (Å²) in [6.07, 6.45) is -0.992. The monoisotopic (exact) mass is 188 g/mol. The van der Waals surface area contributed by atoms with Crippen molar-refractivity contribution in [3.63, 3.8) is 0 Å². The molecule has 3 heteroatoms. The molecule has 0 aliphatic heterocycles. The minimum absolute atomic E-state index is 0.125. The molecule has 0 aliphatic rings. The maximum atomic E-state index is 13.1. The van der Waals surface area contributed by atoms with E-state index < -0.39 is 6.17 Å². The molecular weight excluding hydrogens is 179 g/mol. The molecule has 1 aromatic carbocycles. The number of hydrogen-bond acceptors (Lipinski definition) is 1. The van der Waals surface area contributed by atoms with Crippen LogP contribution in [0.2, 0.25) is 5.02 Å². The minimum atomic E-state index is -1.12. The van der Waals surface area contributed by atoms with Gasteiger partial charge in [-0.25, -0.2) is 4.39 Å². The highest BCUT2D eigenvalue weighted by atomic mass is 35.5. The van der Waals surface area contributed by atoms with Crippen LogP contribution in [0.25, 0.3) is 0 Å². The van der Waals surface area contributed by atoms with Gasteiger partial charge in [0.2, 0.25) is 0 Å². The second-order valence-electron chi connectivity index (χ2n) is 2.53. The van der Waals surface area contributed by atoms with Crippen molar-refractivity contribution in [2.75, 3.05) is 6.61 Å². The molecule has 0 heterocycles. The van der Waals surface area contributed by atoms with Crippen LogP contribution in [-0.2, 0) is 0 Å². The summed E-state index contributed by atoms with van der Waals surface area (Å²) < 4.78 is 13.1. The van der Waals surface area contributed by atoms with Crippen LogP contribution in [0.15, 0.2) is 24.3 Å². The Bertz CT molecular complexity index is 252. The first kappa shape index (κ1) is 9.49. The molecule has 0 saturated carbocycles. The Morgan fingerprint density at radius 3 is 2.83 bits per heavy atom. The summed E-state index contributed by atoms with van der Waals surface area (Å²) in [4.78, 5) is 0. The molecule has 0 amide bonds. The van der Waals surface area contributed by atoms with Gasteiger partial charge in [-0.05, 0) is 17.7 Å². The highest BCUT2D eigenvalue weighted by Crippen LogP contribution is 2.23. The van der Waals surface area contributed by atoms with Crippen molar-refractivity contribution in [1.82, 2.24) is 0 Å². The van der Waals surface area contributed by atoms with Crippen LogP contribution in [0, 0.1) is 0 Å². The third kappa shape index (κ3) is 2.47. The van der Waals surface area contributed by atoms with Gasteiger partial charge in [0.25, 0.3) is 0 Å². The van der Waals surface area contributed by atoms with Gasteiger partial charge < -0.3 is 5.11 Å². The van der Waals surface area contributed by atoms with Gasteiger partial charge in [-0.2, -0.15) is 0 Å². The Balaban J connectivity index is 2.73. The lowest BCUT2D eigenvalue weighted by molar-refractivity contribution is 0.222. The molecule has 0 bridgehead atoms. The number of alkyl halides is 1. The van der Waals surface area contributed by atoms with Gasteiger partial charge in [0, 0.05) is 18.1 Å². The van der Waals surface area contributed by atoms with E-state index in [-0.39, 0.29) is 13.0 Å². The highest BCUT2D eigenvalue weighted by molar-refractivity contribution is 6.30. The zero-order valence-electron chi connectivity index (χ0n) is 6.50. The minimum Gasteiger partial charge on any atom is -0.396 e. The molecule has 0 radical (unpaired) electrons. The van der Waals surface area contributed by atoms with Crippen LogP contribution >= 0.6 is 11.6 Å². The van der Waals surface area contributed by atoms with E-state index >= 15 is 0 Å². The van der Waals surface area contributed by atoms with E-state index in [9.17, 15) is 4.39 Å². The fourth-order valence-corrected chi connectivity index (χ4v) is 1.18. The maximum Gasteiger partial charge on any atom is 0.127 e. The second kappa shape index (κ2) is 4.43. The van der Waals surface area contributed by atoms with E-state index in [1.54, 1.807) is 24.3 Å². The topological polar surface area (TPSA) is 20.2 Å². The normalized spacial score (nSPS) is 12.9. The molecule has 1 aromatic rings. The first-order valence-electron chi connectivity index (χ1n) is 3.74. The standard InChI is InChI=1S/C9H10ClFO/c10-8-3-1-2-7(6-8)9(11)4-5-12/h1-3,6,9,12H,4-5H2. The average Bonchev–Trinajstić information content (AvgIpc) is 2.05. The summed E-state index contributed by atoms with van der Waals surface area (Å²) in [5.74, 6) is 0. The molecule has 1 N–H and O–H groups in total. The van der Waals surface area contributed by atoms with Gasteiger partial charge in [0.15, 0.2) is 0 Å². The van der Waals surface area contributed by atoms with Crippen LogP contribution in [-0.4, -0.2) is 11.7 Å². The number of hydrogen-bond donors (Lipinski definition) is 1. The van der Waals surface area contributed by atoms with Crippen molar-refractivity contribution < 1.29 is 9.50 Å². The zero-order chi connectivity index (χ0) is 8.97. The fourth-order valence-electron chi connectivity index (χ4n) is 0.981. The summed E-state index contributed by atoms with van der Waals surface area (Å²) in [6.45, 7) is -0.145. The SMILES string of the molecule is OCCC(F)c1cccc(Cl)c1. The first-order valence-corrected chi connectivity index (χ1v) is 4.12. The third-order valence-corrected chi connectivity index (χ3v) is 1.83. The smallest absolute Gasteiger partial charge is 0.127 e. The molecule has 12 heavy (non-hydrogen) atoms. The van der Waals surface area contributed by atoms with E-state index in [0.29, 0.717) is 10.6 Å². The van der Waals surface area contributed by atoms with Crippen LogP contribution < -0.4 is 0 Å². The summed E-state index contributed by atoms with van der Waals surface area (Å²) in [5, 5.41) is 9.02. The highest BCUT2D eigenvalue weighted by Gasteiger charge is 2.08. The maximum absolute atomic E-state index is 13.1. The molecule has 0 fully saturated rings. The molecule has 0 saturated heterocycles. The predicted molar refractivity (Wildman–Crippen MR) is 47.0 cm³/mol. The summed E-state index contributed by atoms with van der Waals surface area (Å²) in [5.41, 5.74) is 0.525. The van der Waals surface area contributed by atoms with E-state index in [4.69, 9.17) is 16.7 Å². The molecule has 1 unspecified atom stereocenters. The quantitative estimate of drug-likeness (QED) is 0.774. The largest absolute Gasteiger partial charge is 0.396 e. The van der Waals surface area contributed by atoms with Gasteiger partial charge in [-0.3, -0.25) is 0 Å². The first-order chi connectivity index (χ1) is 5.74. The molecule has 66 valence electrons. The Hall–Kier alpha value is -0.600.